The van der Waals surface area contributed by atoms with Gasteiger partial charge in [0, 0.05) is 23.9 Å². The number of fused-ring (bicyclic) bond motifs is 2. The third-order valence-electron chi connectivity index (χ3n) is 5.57. The van der Waals surface area contributed by atoms with Crippen LogP contribution in [-0.2, 0) is 11.3 Å². The van der Waals surface area contributed by atoms with Gasteiger partial charge in [-0.25, -0.2) is 9.18 Å². The molecule has 6 nitrogen and oxygen atoms in total. The Morgan fingerprint density at radius 3 is 2.74 bits per heavy atom. The molecule has 2 atom stereocenters. The Hall–Kier alpha value is -3.27. The SMILES string of the molecule is CC(C)(C)OC(=O)N1C2CCC1N(c1cccc(OCc3ccc(C#N)cc3F)c1)C2. The monoisotopic (exact) mass is 423 g/mol. The van der Waals surface area contributed by atoms with Crippen molar-refractivity contribution in [2.24, 2.45) is 0 Å². The molecule has 0 aromatic heterocycles. The third-order valence-corrected chi connectivity index (χ3v) is 5.57. The van der Waals surface area contributed by atoms with Gasteiger partial charge in [-0.05, 0) is 57.9 Å². The van der Waals surface area contributed by atoms with Crippen molar-refractivity contribution < 1.29 is 18.7 Å². The predicted octanol–water partition coefficient (Wildman–Crippen LogP) is 4.82. The van der Waals surface area contributed by atoms with E-state index in [1.54, 1.807) is 12.1 Å². The van der Waals surface area contributed by atoms with Gasteiger partial charge in [-0.3, -0.25) is 4.90 Å². The molecule has 0 N–H and O–H groups in total. The number of nitriles is 1. The first-order chi connectivity index (χ1) is 14.7. The highest BCUT2D eigenvalue weighted by Gasteiger charge is 2.48. The van der Waals surface area contributed by atoms with Crippen molar-refractivity contribution >= 4 is 11.8 Å². The van der Waals surface area contributed by atoms with Crippen LogP contribution in [0, 0.1) is 17.1 Å². The van der Waals surface area contributed by atoms with Crippen molar-refractivity contribution in [1.82, 2.24) is 4.90 Å². The minimum Gasteiger partial charge on any atom is -0.489 e. The molecule has 2 heterocycles. The van der Waals surface area contributed by atoms with Crippen molar-refractivity contribution in [3.05, 3.63) is 59.4 Å². The van der Waals surface area contributed by atoms with E-state index < -0.39 is 11.4 Å². The third kappa shape index (κ3) is 4.43. The Morgan fingerprint density at radius 1 is 1.23 bits per heavy atom. The van der Waals surface area contributed by atoms with Crippen molar-refractivity contribution in [3.63, 3.8) is 0 Å². The summed E-state index contributed by atoms with van der Waals surface area (Å²) in [7, 11) is 0. The zero-order valence-corrected chi connectivity index (χ0v) is 18.0. The van der Waals surface area contributed by atoms with E-state index >= 15 is 0 Å². The Bertz CT molecular complexity index is 1030. The van der Waals surface area contributed by atoms with Crippen molar-refractivity contribution in [3.8, 4) is 11.8 Å². The van der Waals surface area contributed by atoms with E-state index in [4.69, 9.17) is 14.7 Å². The maximum atomic E-state index is 14.1. The molecule has 2 aliphatic rings. The van der Waals surface area contributed by atoms with Gasteiger partial charge in [-0.1, -0.05) is 12.1 Å². The molecule has 0 spiro atoms. The molecule has 2 saturated heterocycles. The van der Waals surface area contributed by atoms with Crippen LogP contribution in [0.1, 0.15) is 44.7 Å². The number of halogens is 1. The molecular weight excluding hydrogens is 397 g/mol. The van der Waals surface area contributed by atoms with E-state index in [9.17, 15) is 9.18 Å². The summed E-state index contributed by atoms with van der Waals surface area (Å²) in [6, 6.07) is 14.0. The largest absolute Gasteiger partial charge is 0.489 e. The van der Waals surface area contributed by atoms with E-state index in [2.05, 4.69) is 4.90 Å². The second-order valence-corrected chi connectivity index (χ2v) is 8.96. The van der Waals surface area contributed by atoms with E-state index in [1.165, 1.54) is 6.07 Å². The lowest BCUT2D eigenvalue weighted by Gasteiger charge is -2.30. The number of nitrogens with zero attached hydrogens (tertiary/aromatic N) is 3. The molecule has 0 saturated carbocycles. The standard InChI is InChI=1S/C24H26FN3O3/c1-24(2,3)31-23(29)28-19-9-10-22(28)27(14-19)18-5-4-6-20(12-18)30-15-17-8-7-16(13-26)11-21(17)25/h4-8,11-12,19,22H,9-10,14-15H2,1-3H3. The molecular formula is C24H26FN3O3. The molecule has 2 aromatic carbocycles. The normalized spacial score (nSPS) is 20.0. The molecule has 2 aromatic rings. The predicted molar refractivity (Wildman–Crippen MR) is 114 cm³/mol. The van der Waals surface area contributed by atoms with Gasteiger partial charge in [-0.2, -0.15) is 5.26 Å². The molecule has 1 amide bonds. The first-order valence-corrected chi connectivity index (χ1v) is 10.4. The summed E-state index contributed by atoms with van der Waals surface area (Å²) < 4.78 is 25.5. The van der Waals surface area contributed by atoms with Crippen molar-refractivity contribution in [2.75, 3.05) is 11.4 Å². The fourth-order valence-electron chi connectivity index (χ4n) is 4.21. The quantitative estimate of drug-likeness (QED) is 0.705. The second-order valence-electron chi connectivity index (χ2n) is 8.96. The van der Waals surface area contributed by atoms with Crippen LogP contribution >= 0.6 is 0 Å². The highest BCUT2D eigenvalue weighted by Crippen LogP contribution is 2.39. The van der Waals surface area contributed by atoms with Crippen LogP contribution in [0.5, 0.6) is 5.75 Å². The number of amides is 1. The van der Waals surface area contributed by atoms with E-state index in [0.717, 1.165) is 25.1 Å². The molecule has 2 fully saturated rings. The van der Waals surface area contributed by atoms with Gasteiger partial charge in [-0.15, -0.1) is 0 Å². The van der Waals surface area contributed by atoms with Gasteiger partial charge >= 0.3 is 6.09 Å². The highest BCUT2D eigenvalue weighted by molar-refractivity contribution is 5.72. The number of hydrogen-bond acceptors (Lipinski definition) is 5. The Balaban J connectivity index is 1.45. The number of carbonyl (C=O) groups excluding carboxylic acids is 1. The molecule has 4 rings (SSSR count). The van der Waals surface area contributed by atoms with Gasteiger partial charge in [0.1, 0.15) is 29.9 Å². The first-order valence-electron chi connectivity index (χ1n) is 10.4. The summed E-state index contributed by atoms with van der Waals surface area (Å²) in [6.07, 6.45) is 1.55. The summed E-state index contributed by atoms with van der Waals surface area (Å²) in [4.78, 5) is 16.8. The number of anilines is 1. The molecule has 0 radical (unpaired) electrons. The van der Waals surface area contributed by atoms with E-state index in [0.29, 0.717) is 11.3 Å². The van der Waals surface area contributed by atoms with E-state index in [1.807, 2.05) is 56.0 Å². The van der Waals surface area contributed by atoms with Crippen molar-refractivity contribution in [1.29, 1.82) is 5.26 Å². The number of rotatable bonds is 4. The summed E-state index contributed by atoms with van der Waals surface area (Å²) in [5.74, 6) is 0.160. The molecule has 2 bridgehead atoms. The van der Waals surface area contributed by atoms with Crippen LogP contribution in [-0.4, -0.2) is 35.3 Å². The van der Waals surface area contributed by atoms with Crippen LogP contribution in [0.25, 0.3) is 0 Å². The average Bonchev–Trinajstić information content (AvgIpc) is 3.30. The minimum absolute atomic E-state index is 0.0360. The van der Waals surface area contributed by atoms with Gasteiger partial charge < -0.3 is 14.4 Å². The van der Waals surface area contributed by atoms with Crippen LogP contribution in [0.15, 0.2) is 42.5 Å². The maximum absolute atomic E-state index is 14.1. The molecule has 2 aliphatic heterocycles. The fourth-order valence-corrected chi connectivity index (χ4v) is 4.21. The second kappa shape index (κ2) is 8.10. The van der Waals surface area contributed by atoms with Crippen molar-refractivity contribution in [2.45, 2.75) is 58.0 Å². The summed E-state index contributed by atoms with van der Waals surface area (Å²) in [6.45, 7) is 6.43. The first kappa shape index (κ1) is 21.0. The lowest BCUT2D eigenvalue weighted by Crippen LogP contribution is -2.42. The Kier molecular flexibility index (Phi) is 5.48. The molecule has 0 aliphatic carbocycles. The zero-order chi connectivity index (χ0) is 22.2. The molecule has 7 heteroatoms. The zero-order valence-electron chi connectivity index (χ0n) is 18.0. The summed E-state index contributed by atoms with van der Waals surface area (Å²) in [5, 5.41) is 8.86. The average molecular weight is 423 g/mol. The highest BCUT2D eigenvalue weighted by atomic mass is 19.1. The number of ether oxygens (including phenoxy) is 2. The topological polar surface area (TPSA) is 65.8 Å². The van der Waals surface area contributed by atoms with Crippen LogP contribution < -0.4 is 9.64 Å². The summed E-state index contributed by atoms with van der Waals surface area (Å²) in [5.41, 5.74) is 1.10. The van der Waals surface area contributed by atoms with Gasteiger partial charge in [0.25, 0.3) is 0 Å². The fraction of sp³-hybridized carbons (Fsp3) is 0.417. The van der Waals surface area contributed by atoms with Gasteiger partial charge in [0.15, 0.2) is 0 Å². The smallest absolute Gasteiger partial charge is 0.412 e. The van der Waals surface area contributed by atoms with E-state index in [-0.39, 0.29) is 30.5 Å². The lowest BCUT2D eigenvalue weighted by atomic mass is 10.1. The van der Waals surface area contributed by atoms with Gasteiger partial charge in [0.05, 0.1) is 17.7 Å². The van der Waals surface area contributed by atoms with Crippen LogP contribution in [0.2, 0.25) is 0 Å². The maximum Gasteiger partial charge on any atom is 0.412 e. The van der Waals surface area contributed by atoms with Gasteiger partial charge in [0.2, 0.25) is 0 Å². The van der Waals surface area contributed by atoms with Crippen LogP contribution in [0.3, 0.4) is 0 Å². The summed E-state index contributed by atoms with van der Waals surface area (Å²) >= 11 is 0. The molecule has 2 unspecified atom stereocenters. The number of piperidine rings is 1. The number of carbonyl (C=O) groups is 1. The van der Waals surface area contributed by atoms with Crippen LogP contribution in [0.4, 0.5) is 14.9 Å². The Morgan fingerprint density at radius 2 is 2.03 bits per heavy atom. The number of benzene rings is 2. The molecule has 162 valence electrons. The molecule has 31 heavy (non-hydrogen) atoms. The lowest BCUT2D eigenvalue weighted by molar-refractivity contribution is 0.0220. The minimum atomic E-state index is -0.529. The Labute approximate surface area is 181 Å². The number of hydrogen-bond donors (Lipinski definition) is 0.